The van der Waals surface area contributed by atoms with E-state index in [2.05, 4.69) is 36.9 Å². The number of aryl methyl sites for hydroxylation is 2. The Kier molecular flexibility index (Phi) is 3.95. The van der Waals surface area contributed by atoms with Crippen LogP contribution in [0.25, 0.3) is 0 Å². The van der Waals surface area contributed by atoms with Crippen molar-refractivity contribution in [1.29, 1.82) is 0 Å². The average molecular weight is 261 g/mol. The maximum atomic E-state index is 11.7. The highest BCUT2D eigenvalue weighted by atomic mass is 16.4. The smallest absolute Gasteiger partial charge is 0.324 e. The number of carboxylic acids is 1. The molecular weight excluding hydrogens is 238 g/mol. The van der Waals surface area contributed by atoms with Crippen molar-refractivity contribution in [2.45, 2.75) is 52.1 Å². The first-order valence-electron chi connectivity index (χ1n) is 7.04. The number of hydrogen-bond acceptors (Lipinski definition) is 2. The van der Waals surface area contributed by atoms with E-state index in [1.54, 1.807) is 0 Å². The van der Waals surface area contributed by atoms with E-state index in [0.29, 0.717) is 6.42 Å². The molecule has 2 rings (SSSR count). The zero-order valence-corrected chi connectivity index (χ0v) is 12.1. The van der Waals surface area contributed by atoms with Gasteiger partial charge >= 0.3 is 5.97 Å². The molecule has 0 spiro atoms. The number of likely N-dealkylation sites (tertiary alicyclic amines) is 1. The lowest BCUT2D eigenvalue weighted by atomic mass is 9.92. The molecule has 1 N–H and O–H groups in total. The van der Waals surface area contributed by atoms with Crippen LogP contribution in [0.15, 0.2) is 18.2 Å². The van der Waals surface area contributed by atoms with E-state index in [1.807, 2.05) is 6.92 Å². The van der Waals surface area contributed by atoms with Crippen molar-refractivity contribution in [1.82, 2.24) is 4.90 Å². The molecule has 1 aromatic carbocycles. The number of carboxylic acid groups (broad SMARTS) is 1. The second-order valence-electron chi connectivity index (χ2n) is 5.65. The fourth-order valence-electron chi connectivity index (χ4n) is 3.19. The van der Waals surface area contributed by atoms with Crippen LogP contribution < -0.4 is 0 Å². The van der Waals surface area contributed by atoms with Gasteiger partial charge in [-0.25, -0.2) is 0 Å². The van der Waals surface area contributed by atoms with E-state index in [4.69, 9.17) is 0 Å². The first kappa shape index (κ1) is 14.1. The van der Waals surface area contributed by atoms with Crippen molar-refractivity contribution < 1.29 is 9.90 Å². The Morgan fingerprint density at radius 2 is 2.16 bits per heavy atom. The van der Waals surface area contributed by atoms with E-state index in [0.717, 1.165) is 25.9 Å². The van der Waals surface area contributed by atoms with Gasteiger partial charge in [-0.05, 0) is 50.8 Å². The molecule has 3 nitrogen and oxygen atoms in total. The third kappa shape index (κ3) is 2.52. The van der Waals surface area contributed by atoms with Crippen molar-refractivity contribution in [3.05, 3.63) is 34.9 Å². The highest BCUT2D eigenvalue weighted by Gasteiger charge is 2.45. The Balaban J connectivity index is 2.24. The molecule has 0 bridgehead atoms. The van der Waals surface area contributed by atoms with Crippen LogP contribution >= 0.6 is 0 Å². The predicted octanol–water partition coefficient (Wildman–Crippen LogP) is 3.13. The molecule has 3 heteroatoms. The van der Waals surface area contributed by atoms with Crippen molar-refractivity contribution >= 4 is 5.97 Å². The molecule has 0 saturated carbocycles. The molecule has 1 aliphatic rings. The van der Waals surface area contributed by atoms with Gasteiger partial charge in [-0.2, -0.15) is 0 Å². The van der Waals surface area contributed by atoms with Gasteiger partial charge in [-0.15, -0.1) is 0 Å². The van der Waals surface area contributed by atoms with Gasteiger partial charge in [0, 0.05) is 6.54 Å². The first-order valence-corrected chi connectivity index (χ1v) is 7.04. The molecule has 1 unspecified atom stereocenters. The minimum atomic E-state index is -0.669. The zero-order chi connectivity index (χ0) is 14.0. The fraction of sp³-hybridized carbons (Fsp3) is 0.562. The summed E-state index contributed by atoms with van der Waals surface area (Å²) in [4.78, 5) is 13.8. The summed E-state index contributed by atoms with van der Waals surface area (Å²) in [7, 11) is 0. The number of hydrogen-bond donors (Lipinski definition) is 1. The van der Waals surface area contributed by atoms with Crippen LogP contribution in [-0.4, -0.2) is 28.1 Å². The summed E-state index contributed by atoms with van der Waals surface area (Å²) in [5.74, 6) is -0.669. The number of carbonyl (C=O) groups is 1. The minimum Gasteiger partial charge on any atom is -0.480 e. The van der Waals surface area contributed by atoms with Gasteiger partial charge in [0.1, 0.15) is 5.54 Å². The van der Waals surface area contributed by atoms with Gasteiger partial charge in [0.05, 0.1) is 0 Å². The van der Waals surface area contributed by atoms with Gasteiger partial charge in [0.2, 0.25) is 0 Å². The summed E-state index contributed by atoms with van der Waals surface area (Å²) in [6.07, 6.45) is 2.42. The largest absolute Gasteiger partial charge is 0.480 e. The van der Waals surface area contributed by atoms with E-state index < -0.39 is 11.5 Å². The van der Waals surface area contributed by atoms with Crippen molar-refractivity contribution in [2.24, 2.45) is 0 Å². The van der Waals surface area contributed by atoms with E-state index in [1.165, 1.54) is 16.7 Å². The molecule has 104 valence electrons. The summed E-state index contributed by atoms with van der Waals surface area (Å²) < 4.78 is 0. The Bertz CT molecular complexity index is 484. The van der Waals surface area contributed by atoms with E-state index in [9.17, 15) is 9.90 Å². The molecule has 1 aromatic rings. The first-order chi connectivity index (χ1) is 8.99. The van der Waals surface area contributed by atoms with Crippen LogP contribution in [-0.2, 0) is 11.3 Å². The highest BCUT2D eigenvalue weighted by Crippen LogP contribution is 2.34. The van der Waals surface area contributed by atoms with E-state index in [-0.39, 0.29) is 0 Å². The lowest BCUT2D eigenvalue weighted by Gasteiger charge is -2.34. The Hall–Kier alpha value is -1.35. The average Bonchev–Trinajstić information content (AvgIpc) is 2.76. The van der Waals surface area contributed by atoms with Gasteiger partial charge < -0.3 is 5.11 Å². The van der Waals surface area contributed by atoms with Crippen LogP contribution in [0.3, 0.4) is 0 Å². The van der Waals surface area contributed by atoms with Crippen molar-refractivity contribution in [2.75, 3.05) is 6.54 Å². The third-order valence-electron chi connectivity index (χ3n) is 4.47. The quantitative estimate of drug-likeness (QED) is 0.905. The molecule has 0 radical (unpaired) electrons. The minimum absolute atomic E-state index is 0.655. The highest BCUT2D eigenvalue weighted by molar-refractivity contribution is 5.79. The molecule has 0 aliphatic carbocycles. The van der Waals surface area contributed by atoms with Gasteiger partial charge in [0.15, 0.2) is 0 Å². The maximum absolute atomic E-state index is 11.7. The lowest BCUT2D eigenvalue weighted by Crippen LogP contribution is -2.49. The Morgan fingerprint density at radius 1 is 1.42 bits per heavy atom. The van der Waals surface area contributed by atoms with Crippen LogP contribution in [0.1, 0.15) is 42.9 Å². The van der Waals surface area contributed by atoms with Gasteiger partial charge in [0.25, 0.3) is 0 Å². The topological polar surface area (TPSA) is 40.5 Å². The number of benzene rings is 1. The second kappa shape index (κ2) is 5.33. The summed E-state index contributed by atoms with van der Waals surface area (Å²) in [5, 5.41) is 9.58. The monoisotopic (exact) mass is 261 g/mol. The number of nitrogens with zero attached hydrogens (tertiary/aromatic N) is 1. The second-order valence-corrected chi connectivity index (χ2v) is 5.65. The normalized spacial score (nSPS) is 23.7. The van der Waals surface area contributed by atoms with Gasteiger partial charge in [-0.1, -0.05) is 30.7 Å². The number of aliphatic carboxylic acids is 1. The zero-order valence-electron chi connectivity index (χ0n) is 12.1. The van der Waals surface area contributed by atoms with Crippen LogP contribution in [0.2, 0.25) is 0 Å². The summed E-state index contributed by atoms with van der Waals surface area (Å²) in [6.45, 7) is 7.79. The molecule has 1 heterocycles. The summed E-state index contributed by atoms with van der Waals surface area (Å²) in [6, 6.07) is 6.40. The van der Waals surface area contributed by atoms with Gasteiger partial charge in [-0.3, -0.25) is 9.69 Å². The van der Waals surface area contributed by atoms with E-state index >= 15 is 0 Å². The van der Waals surface area contributed by atoms with Crippen LogP contribution in [0.5, 0.6) is 0 Å². The Labute approximate surface area is 115 Å². The summed E-state index contributed by atoms with van der Waals surface area (Å²) >= 11 is 0. The molecular formula is C16H23NO2. The van der Waals surface area contributed by atoms with Crippen LogP contribution in [0.4, 0.5) is 0 Å². The van der Waals surface area contributed by atoms with Crippen molar-refractivity contribution in [3.63, 3.8) is 0 Å². The molecule has 0 aromatic heterocycles. The SMILES string of the molecule is CCC1(C(=O)O)CCCN1Cc1ccc(C)cc1C. The molecule has 19 heavy (non-hydrogen) atoms. The molecule has 1 aliphatic heterocycles. The lowest BCUT2D eigenvalue weighted by molar-refractivity contribution is -0.150. The standard InChI is InChI=1S/C16H23NO2/c1-4-16(15(18)19)8-5-9-17(16)11-14-7-6-12(2)10-13(14)3/h6-7,10H,4-5,8-9,11H2,1-3H3,(H,18,19). The van der Waals surface area contributed by atoms with Crippen LogP contribution in [0, 0.1) is 13.8 Å². The Morgan fingerprint density at radius 3 is 2.74 bits per heavy atom. The molecule has 0 amide bonds. The maximum Gasteiger partial charge on any atom is 0.324 e. The fourth-order valence-corrected chi connectivity index (χ4v) is 3.19. The molecule has 1 fully saturated rings. The molecule has 1 atom stereocenters. The van der Waals surface area contributed by atoms with Crippen molar-refractivity contribution in [3.8, 4) is 0 Å². The predicted molar refractivity (Wildman–Crippen MR) is 76.2 cm³/mol. The number of rotatable bonds is 4. The summed E-state index contributed by atoms with van der Waals surface area (Å²) in [5.41, 5.74) is 3.09. The molecule has 1 saturated heterocycles. The third-order valence-corrected chi connectivity index (χ3v) is 4.47.